The minimum absolute atomic E-state index is 0.00409. The van der Waals surface area contributed by atoms with Crippen LogP contribution in [-0.2, 0) is 0 Å². The Morgan fingerprint density at radius 2 is 2.04 bits per heavy atom. The number of rotatable bonds is 4. The summed E-state index contributed by atoms with van der Waals surface area (Å²) in [6, 6.07) is 4.77. The number of alkyl halides is 3. The molecule has 1 amide bonds. The maximum absolute atomic E-state index is 13.0. The molecule has 10 heteroatoms. The summed E-state index contributed by atoms with van der Waals surface area (Å²) in [5.74, 6) is -1.55. The molecule has 0 saturated heterocycles. The lowest BCUT2D eigenvalue weighted by Crippen LogP contribution is -2.20. The minimum Gasteiger partial charge on any atom is -0.467 e. The van der Waals surface area contributed by atoms with E-state index in [-0.39, 0.29) is 10.6 Å². The quantitative estimate of drug-likeness (QED) is 0.711. The van der Waals surface area contributed by atoms with E-state index in [9.17, 15) is 22.4 Å². The van der Waals surface area contributed by atoms with Crippen LogP contribution in [0.1, 0.15) is 10.4 Å². The summed E-state index contributed by atoms with van der Waals surface area (Å²) in [5, 5.41) is 2.24. The average Bonchev–Trinajstić information content (AvgIpc) is 2.47. The highest BCUT2D eigenvalue weighted by Gasteiger charge is 2.29. The van der Waals surface area contributed by atoms with E-state index in [0.717, 1.165) is 24.4 Å². The molecule has 1 heterocycles. The molecule has 0 aliphatic rings. The van der Waals surface area contributed by atoms with E-state index in [1.165, 1.54) is 6.07 Å². The van der Waals surface area contributed by atoms with Crippen LogP contribution in [0.2, 0.25) is 5.02 Å². The number of aromatic nitrogens is 1. The van der Waals surface area contributed by atoms with Crippen molar-refractivity contribution in [1.29, 1.82) is 0 Å². The minimum atomic E-state index is -4.53. The van der Waals surface area contributed by atoms with E-state index in [1.54, 1.807) is 0 Å². The third kappa shape index (κ3) is 5.07. The number of nitrogens with zero attached hydrogens (tertiary/aromatic N) is 1. The van der Waals surface area contributed by atoms with Gasteiger partial charge in [0.25, 0.3) is 5.91 Å². The highest BCUT2D eigenvalue weighted by atomic mass is 79.9. The Hall–Kier alpha value is -1.87. The third-order valence-corrected chi connectivity index (χ3v) is 3.55. The Labute approximate surface area is 146 Å². The Kier molecular flexibility index (Phi) is 5.66. The molecule has 0 aliphatic carbocycles. The number of anilines is 1. The first-order chi connectivity index (χ1) is 11.2. The smallest absolute Gasteiger partial charge is 0.422 e. The van der Waals surface area contributed by atoms with Crippen molar-refractivity contribution in [2.75, 3.05) is 11.9 Å². The zero-order valence-electron chi connectivity index (χ0n) is 11.6. The number of carbonyl (C=O) groups is 1. The molecule has 1 N–H and O–H groups in total. The Morgan fingerprint density at radius 1 is 1.33 bits per heavy atom. The van der Waals surface area contributed by atoms with Gasteiger partial charge in [-0.05, 0) is 40.2 Å². The summed E-state index contributed by atoms with van der Waals surface area (Å²) in [6.45, 7) is -1.55. The van der Waals surface area contributed by atoms with Gasteiger partial charge in [-0.3, -0.25) is 4.79 Å². The summed E-state index contributed by atoms with van der Waals surface area (Å²) in [7, 11) is 0. The second-order valence-electron chi connectivity index (χ2n) is 4.49. The normalized spacial score (nSPS) is 11.2. The Morgan fingerprint density at radius 3 is 2.62 bits per heavy atom. The summed E-state index contributed by atoms with van der Waals surface area (Å²) >= 11 is 8.85. The third-order valence-electron chi connectivity index (χ3n) is 2.62. The van der Waals surface area contributed by atoms with E-state index in [0.29, 0.717) is 10.2 Å². The van der Waals surface area contributed by atoms with Crippen LogP contribution in [0.25, 0.3) is 0 Å². The highest BCUT2D eigenvalue weighted by molar-refractivity contribution is 9.10. The summed E-state index contributed by atoms with van der Waals surface area (Å²) in [5.41, 5.74) is 0.297. The molecule has 0 spiro atoms. The molecule has 0 atom stereocenters. The van der Waals surface area contributed by atoms with Gasteiger partial charge in [-0.2, -0.15) is 13.2 Å². The standard InChI is InChI=1S/C14H8BrClF4N2O2/c15-9-4-8(17)1-2-11(9)22-12(23)7-3-10(16)13(21-5-7)24-6-14(18,19)20/h1-5H,6H2,(H,22,23). The summed E-state index contributed by atoms with van der Waals surface area (Å²) in [6.07, 6.45) is -3.51. The summed E-state index contributed by atoms with van der Waals surface area (Å²) in [4.78, 5) is 15.7. The lowest BCUT2D eigenvalue weighted by molar-refractivity contribution is -0.154. The first-order valence-corrected chi connectivity index (χ1v) is 7.44. The number of ether oxygens (including phenoxy) is 1. The van der Waals surface area contributed by atoms with Gasteiger partial charge < -0.3 is 10.1 Å². The second kappa shape index (κ2) is 7.35. The monoisotopic (exact) mass is 426 g/mol. The SMILES string of the molecule is O=C(Nc1ccc(F)cc1Br)c1cnc(OCC(F)(F)F)c(Cl)c1. The second-order valence-corrected chi connectivity index (χ2v) is 5.75. The molecule has 0 unspecified atom stereocenters. The number of hydrogen-bond acceptors (Lipinski definition) is 3. The van der Waals surface area contributed by atoms with Crippen LogP contribution in [0.3, 0.4) is 0 Å². The van der Waals surface area contributed by atoms with E-state index >= 15 is 0 Å². The van der Waals surface area contributed by atoms with Crippen LogP contribution in [-0.4, -0.2) is 23.7 Å². The van der Waals surface area contributed by atoms with Gasteiger partial charge in [0, 0.05) is 10.7 Å². The van der Waals surface area contributed by atoms with Gasteiger partial charge in [0.1, 0.15) is 10.8 Å². The van der Waals surface area contributed by atoms with Crippen molar-refractivity contribution in [2.24, 2.45) is 0 Å². The maximum atomic E-state index is 13.0. The van der Waals surface area contributed by atoms with Crippen molar-refractivity contribution in [3.8, 4) is 5.88 Å². The van der Waals surface area contributed by atoms with Crippen molar-refractivity contribution in [2.45, 2.75) is 6.18 Å². The van der Waals surface area contributed by atoms with Gasteiger partial charge in [-0.1, -0.05) is 11.6 Å². The number of carbonyl (C=O) groups excluding carboxylic acids is 1. The molecular formula is C14H8BrClF4N2O2. The molecule has 0 aliphatic heterocycles. The van der Waals surface area contributed by atoms with Crippen LogP contribution >= 0.6 is 27.5 Å². The van der Waals surface area contributed by atoms with Crippen molar-refractivity contribution in [1.82, 2.24) is 4.98 Å². The molecule has 24 heavy (non-hydrogen) atoms. The predicted molar refractivity (Wildman–Crippen MR) is 82.9 cm³/mol. The first-order valence-electron chi connectivity index (χ1n) is 6.27. The Balaban J connectivity index is 2.11. The molecule has 0 bridgehead atoms. The number of halogens is 6. The molecule has 0 saturated carbocycles. The number of hydrogen-bond donors (Lipinski definition) is 1. The van der Waals surface area contributed by atoms with Crippen molar-refractivity contribution < 1.29 is 27.1 Å². The number of amides is 1. The van der Waals surface area contributed by atoms with Gasteiger partial charge in [-0.15, -0.1) is 0 Å². The van der Waals surface area contributed by atoms with E-state index in [2.05, 4.69) is 31.0 Å². The maximum Gasteiger partial charge on any atom is 0.422 e. The van der Waals surface area contributed by atoms with Crippen LogP contribution in [0.15, 0.2) is 34.9 Å². The molecule has 1 aromatic heterocycles. The molecule has 4 nitrogen and oxygen atoms in total. The summed E-state index contributed by atoms with van der Waals surface area (Å²) < 4.78 is 54.0. The van der Waals surface area contributed by atoms with Crippen molar-refractivity contribution >= 4 is 39.1 Å². The zero-order chi connectivity index (χ0) is 17.9. The molecule has 128 valence electrons. The number of pyridine rings is 1. The van der Waals surface area contributed by atoms with Crippen LogP contribution in [0.4, 0.5) is 23.2 Å². The fourth-order valence-electron chi connectivity index (χ4n) is 1.59. The molecular weight excluding hydrogens is 420 g/mol. The van der Waals surface area contributed by atoms with Crippen LogP contribution in [0.5, 0.6) is 5.88 Å². The lowest BCUT2D eigenvalue weighted by atomic mass is 10.2. The zero-order valence-corrected chi connectivity index (χ0v) is 14.0. The molecule has 2 rings (SSSR count). The molecule has 0 fully saturated rings. The fourth-order valence-corrected chi connectivity index (χ4v) is 2.26. The van der Waals surface area contributed by atoms with Gasteiger partial charge in [0.05, 0.1) is 11.3 Å². The van der Waals surface area contributed by atoms with Crippen molar-refractivity contribution in [3.05, 3.63) is 51.3 Å². The molecule has 1 aromatic carbocycles. The van der Waals surface area contributed by atoms with E-state index in [4.69, 9.17) is 11.6 Å². The topological polar surface area (TPSA) is 51.2 Å². The molecule has 0 radical (unpaired) electrons. The Bertz CT molecular complexity index is 771. The first kappa shape index (κ1) is 18.5. The van der Waals surface area contributed by atoms with Crippen LogP contribution in [0, 0.1) is 5.82 Å². The van der Waals surface area contributed by atoms with Gasteiger partial charge >= 0.3 is 6.18 Å². The molecule has 2 aromatic rings. The van der Waals surface area contributed by atoms with E-state index < -0.39 is 30.4 Å². The lowest BCUT2D eigenvalue weighted by Gasteiger charge is -2.11. The van der Waals surface area contributed by atoms with Crippen LogP contribution < -0.4 is 10.1 Å². The van der Waals surface area contributed by atoms with Gasteiger partial charge in [0.2, 0.25) is 5.88 Å². The van der Waals surface area contributed by atoms with Crippen molar-refractivity contribution in [3.63, 3.8) is 0 Å². The average molecular weight is 428 g/mol. The predicted octanol–water partition coefficient (Wildman–Crippen LogP) is 4.83. The largest absolute Gasteiger partial charge is 0.467 e. The highest BCUT2D eigenvalue weighted by Crippen LogP contribution is 2.27. The fraction of sp³-hybridized carbons (Fsp3) is 0.143. The van der Waals surface area contributed by atoms with Gasteiger partial charge in [0.15, 0.2) is 6.61 Å². The van der Waals surface area contributed by atoms with E-state index in [1.807, 2.05) is 0 Å². The van der Waals surface area contributed by atoms with Gasteiger partial charge in [-0.25, -0.2) is 9.37 Å². The number of nitrogens with one attached hydrogen (secondary N) is 1. The number of benzene rings is 1.